The third-order valence-corrected chi connectivity index (χ3v) is 5.37. The number of ether oxygens (including phenoxy) is 2. The maximum absolute atomic E-state index is 12.4. The van der Waals surface area contributed by atoms with Crippen molar-refractivity contribution in [2.45, 2.75) is 24.0 Å². The summed E-state index contributed by atoms with van der Waals surface area (Å²) < 4.78 is 23.6. The fraction of sp³-hybridized carbons (Fsp3) is 0.357. The molecule has 6 heteroatoms. The number of thiazole rings is 1. The normalized spacial score (nSPS) is 15.7. The largest absolute Gasteiger partial charge is 0.490 e. The molecule has 3 rings (SSSR count). The Hall–Kier alpha value is -1.40. The monoisotopic (exact) mass is 309 g/mol. The maximum atomic E-state index is 12.4. The Morgan fingerprint density at radius 1 is 1.30 bits per heavy atom. The summed E-state index contributed by atoms with van der Waals surface area (Å²) in [6.45, 7) is 3.25. The molecular weight excluding hydrogens is 294 g/mol. The smallest absolute Gasteiger partial charge is 0.162 e. The van der Waals surface area contributed by atoms with Crippen LogP contribution >= 0.6 is 11.3 Å². The molecule has 106 valence electrons. The summed E-state index contributed by atoms with van der Waals surface area (Å²) in [6.07, 6.45) is 2.66. The summed E-state index contributed by atoms with van der Waals surface area (Å²) in [5.74, 6) is 1.91. The second kappa shape index (κ2) is 5.93. The number of rotatable bonds is 3. The molecule has 0 spiro atoms. The van der Waals surface area contributed by atoms with Gasteiger partial charge in [0, 0.05) is 28.5 Å². The molecule has 1 atom stereocenters. The lowest BCUT2D eigenvalue weighted by molar-refractivity contribution is 0.297. The van der Waals surface area contributed by atoms with Crippen molar-refractivity contribution >= 4 is 22.1 Å². The third-order valence-electron chi connectivity index (χ3n) is 2.92. The fourth-order valence-corrected chi connectivity index (χ4v) is 4.07. The van der Waals surface area contributed by atoms with Gasteiger partial charge in [0.25, 0.3) is 0 Å². The summed E-state index contributed by atoms with van der Waals surface area (Å²) in [7, 11) is -1.09. The van der Waals surface area contributed by atoms with Gasteiger partial charge in [0.1, 0.15) is 0 Å². The van der Waals surface area contributed by atoms with Crippen molar-refractivity contribution in [2.75, 3.05) is 13.2 Å². The van der Waals surface area contributed by atoms with E-state index in [1.807, 2.05) is 25.1 Å². The van der Waals surface area contributed by atoms with Crippen molar-refractivity contribution in [1.82, 2.24) is 4.98 Å². The molecule has 0 bridgehead atoms. The summed E-state index contributed by atoms with van der Waals surface area (Å²) in [4.78, 5) is 5.98. The van der Waals surface area contributed by atoms with Crippen LogP contribution in [0.3, 0.4) is 0 Å². The first-order valence-corrected chi connectivity index (χ1v) is 8.55. The van der Waals surface area contributed by atoms with E-state index in [4.69, 9.17) is 9.47 Å². The van der Waals surface area contributed by atoms with E-state index in [9.17, 15) is 4.21 Å². The zero-order valence-corrected chi connectivity index (χ0v) is 12.8. The Balaban J connectivity index is 1.79. The van der Waals surface area contributed by atoms with Crippen LogP contribution in [0, 0.1) is 6.92 Å². The van der Waals surface area contributed by atoms with Crippen molar-refractivity contribution in [3.8, 4) is 11.5 Å². The van der Waals surface area contributed by atoms with Crippen LogP contribution in [0.25, 0.3) is 0 Å². The summed E-state index contributed by atoms with van der Waals surface area (Å²) in [5.41, 5.74) is 0. The molecule has 0 fully saturated rings. The van der Waals surface area contributed by atoms with Crippen molar-refractivity contribution in [3.05, 3.63) is 34.3 Å². The molecule has 0 amide bonds. The van der Waals surface area contributed by atoms with Gasteiger partial charge in [-0.15, -0.1) is 11.3 Å². The highest BCUT2D eigenvalue weighted by Gasteiger charge is 2.14. The minimum absolute atomic E-state index is 0.491. The number of benzene rings is 1. The standard InChI is InChI=1S/C14H15NO3S2/c1-10-15-8-11(19-10)9-20(16)12-3-4-13-14(7-12)18-6-2-5-17-13/h3-4,7-8H,2,5-6,9H2,1H3/t20-/m1/s1. The third kappa shape index (κ3) is 3.02. The minimum atomic E-state index is -1.09. The van der Waals surface area contributed by atoms with Crippen LogP contribution in [0.5, 0.6) is 11.5 Å². The van der Waals surface area contributed by atoms with Gasteiger partial charge in [-0.3, -0.25) is 4.21 Å². The molecule has 0 aliphatic carbocycles. The lowest BCUT2D eigenvalue weighted by Crippen LogP contribution is -1.98. The van der Waals surface area contributed by atoms with Crippen molar-refractivity contribution in [1.29, 1.82) is 0 Å². The van der Waals surface area contributed by atoms with E-state index in [2.05, 4.69) is 4.98 Å². The van der Waals surface area contributed by atoms with Crippen LogP contribution in [0.2, 0.25) is 0 Å². The Labute approximate surface area is 124 Å². The summed E-state index contributed by atoms with van der Waals surface area (Å²) in [5, 5.41) is 0.996. The number of aryl methyl sites for hydroxylation is 1. The molecule has 0 radical (unpaired) electrons. The molecule has 0 saturated heterocycles. The Bertz CT molecular complexity index is 639. The van der Waals surface area contributed by atoms with Gasteiger partial charge in [-0.1, -0.05) is 0 Å². The van der Waals surface area contributed by atoms with Gasteiger partial charge >= 0.3 is 0 Å². The van der Waals surface area contributed by atoms with Crippen LogP contribution in [0.15, 0.2) is 29.3 Å². The number of hydrogen-bond acceptors (Lipinski definition) is 5. The molecule has 1 aromatic carbocycles. The van der Waals surface area contributed by atoms with Crippen molar-refractivity contribution in [2.24, 2.45) is 0 Å². The van der Waals surface area contributed by atoms with Gasteiger partial charge < -0.3 is 9.47 Å². The molecule has 2 heterocycles. The van der Waals surface area contributed by atoms with E-state index in [1.165, 1.54) is 0 Å². The molecular formula is C14H15NO3S2. The average molecular weight is 309 g/mol. The van der Waals surface area contributed by atoms with Crippen LogP contribution in [-0.4, -0.2) is 22.4 Å². The van der Waals surface area contributed by atoms with Gasteiger partial charge in [-0.2, -0.15) is 0 Å². The molecule has 1 aliphatic heterocycles. The van der Waals surface area contributed by atoms with Crippen LogP contribution < -0.4 is 9.47 Å². The first-order chi connectivity index (χ1) is 9.72. The topological polar surface area (TPSA) is 48.4 Å². The van der Waals surface area contributed by atoms with E-state index in [0.29, 0.717) is 24.7 Å². The second-order valence-corrected chi connectivity index (χ2v) is 7.26. The number of hydrogen-bond donors (Lipinski definition) is 0. The van der Waals surface area contributed by atoms with E-state index in [0.717, 1.165) is 27.0 Å². The SMILES string of the molecule is Cc1ncc(C[S@@](=O)c2ccc3c(c2)OCCCO3)s1. The predicted molar refractivity (Wildman–Crippen MR) is 79.0 cm³/mol. The summed E-state index contributed by atoms with van der Waals surface area (Å²) >= 11 is 1.58. The predicted octanol–water partition coefficient (Wildman–Crippen LogP) is 2.92. The van der Waals surface area contributed by atoms with Crippen molar-refractivity contribution in [3.63, 3.8) is 0 Å². The van der Waals surface area contributed by atoms with Gasteiger partial charge in [0.2, 0.25) is 0 Å². The molecule has 1 aromatic heterocycles. The van der Waals surface area contributed by atoms with E-state index in [1.54, 1.807) is 17.5 Å². The highest BCUT2D eigenvalue weighted by Crippen LogP contribution is 2.32. The van der Waals surface area contributed by atoms with Crippen LogP contribution in [-0.2, 0) is 16.6 Å². The van der Waals surface area contributed by atoms with Gasteiger partial charge in [-0.25, -0.2) is 4.98 Å². The first-order valence-electron chi connectivity index (χ1n) is 6.42. The van der Waals surface area contributed by atoms with E-state index < -0.39 is 10.8 Å². The quantitative estimate of drug-likeness (QED) is 0.874. The molecule has 1 aliphatic rings. The first kappa shape index (κ1) is 13.6. The highest BCUT2D eigenvalue weighted by molar-refractivity contribution is 7.84. The Morgan fingerprint density at radius 3 is 2.85 bits per heavy atom. The minimum Gasteiger partial charge on any atom is -0.490 e. The van der Waals surface area contributed by atoms with E-state index >= 15 is 0 Å². The molecule has 20 heavy (non-hydrogen) atoms. The number of fused-ring (bicyclic) bond motifs is 1. The molecule has 0 N–H and O–H groups in total. The number of aromatic nitrogens is 1. The zero-order valence-electron chi connectivity index (χ0n) is 11.1. The zero-order chi connectivity index (χ0) is 13.9. The molecule has 2 aromatic rings. The van der Waals surface area contributed by atoms with Gasteiger partial charge in [0.15, 0.2) is 11.5 Å². The maximum Gasteiger partial charge on any atom is 0.162 e. The number of nitrogens with zero attached hydrogens (tertiary/aromatic N) is 1. The lowest BCUT2D eigenvalue weighted by atomic mass is 10.3. The highest BCUT2D eigenvalue weighted by atomic mass is 32.2. The Morgan fingerprint density at radius 2 is 2.10 bits per heavy atom. The van der Waals surface area contributed by atoms with Gasteiger partial charge in [-0.05, 0) is 19.1 Å². The van der Waals surface area contributed by atoms with E-state index in [-0.39, 0.29) is 0 Å². The lowest BCUT2D eigenvalue weighted by Gasteiger charge is -2.08. The fourth-order valence-electron chi connectivity index (χ4n) is 1.97. The van der Waals surface area contributed by atoms with Crippen molar-refractivity contribution < 1.29 is 13.7 Å². The summed E-state index contributed by atoms with van der Waals surface area (Å²) in [6, 6.07) is 5.51. The van der Waals surface area contributed by atoms with Crippen LogP contribution in [0.4, 0.5) is 0 Å². The molecule has 0 saturated carbocycles. The second-order valence-electron chi connectivity index (χ2n) is 4.49. The Kier molecular flexibility index (Phi) is 4.03. The average Bonchev–Trinajstić information content (AvgIpc) is 2.72. The van der Waals surface area contributed by atoms with Crippen LogP contribution in [0.1, 0.15) is 16.3 Å². The van der Waals surface area contributed by atoms with Gasteiger partial charge in [0.05, 0.1) is 34.8 Å². The molecule has 0 unspecified atom stereocenters. The molecule has 4 nitrogen and oxygen atoms in total.